The number of ether oxygens (including phenoxy) is 3. The van der Waals surface area contributed by atoms with Crippen LogP contribution in [0.5, 0.6) is 17.2 Å². The Hall–Kier alpha value is -2.21. The molecule has 0 radical (unpaired) electrons. The van der Waals surface area contributed by atoms with Crippen LogP contribution < -0.4 is 19.5 Å². The smallest absolute Gasteiger partial charge is 0.244 e. The highest BCUT2D eigenvalue weighted by Crippen LogP contribution is 2.40. The van der Waals surface area contributed by atoms with Crippen molar-refractivity contribution in [2.24, 2.45) is 0 Å². The minimum Gasteiger partial charge on any atom is -0.493 e. The molecule has 1 aliphatic rings. The molecule has 6 nitrogen and oxygen atoms in total. The van der Waals surface area contributed by atoms with Crippen molar-refractivity contribution in [1.82, 2.24) is 10.2 Å². The molecule has 2 rings (SSSR count). The summed E-state index contributed by atoms with van der Waals surface area (Å²) in [5.74, 6) is 1.53. The first kappa shape index (κ1) is 19.1. The molecule has 1 amide bonds. The van der Waals surface area contributed by atoms with Gasteiger partial charge < -0.3 is 24.4 Å². The zero-order valence-electron chi connectivity index (χ0n) is 15.3. The van der Waals surface area contributed by atoms with E-state index < -0.39 is 0 Å². The second-order valence-corrected chi connectivity index (χ2v) is 5.95. The van der Waals surface area contributed by atoms with Gasteiger partial charge >= 0.3 is 0 Å². The van der Waals surface area contributed by atoms with E-state index in [9.17, 15) is 4.79 Å². The summed E-state index contributed by atoms with van der Waals surface area (Å²) >= 11 is 0. The van der Waals surface area contributed by atoms with Crippen LogP contribution in [-0.2, 0) is 4.79 Å². The average Bonchev–Trinajstić information content (AvgIpc) is 3.15. The first-order valence-corrected chi connectivity index (χ1v) is 8.66. The summed E-state index contributed by atoms with van der Waals surface area (Å²) in [7, 11) is 4.69. The SMILES string of the molecule is COc1ccc(/C=C/C(=O)NCCCN2CCCC2)c(OC)c1OC. The van der Waals surface area contributed by atoms with Gasteiger partial charge in [-0.05, 0) is 57.1 Å². The summed E-state index contributed by atoms with van der Waals surface area (Å²) in [6.45, 7) is 4.11. The number of methoxy groups -OCH3 is 3. The second-order valence-electron chi connectivity index (χ2n) is 5.95. The number of nitrogens with one attached hydrogen (secondary N) is 1. The summed E-state index contributed by atoms with van der Waals surface area (Å²) in [5.41, 5.74) is 0.757. The van der Waals surface area contributed by atoms with Gasteiger partial charge in [-0.15, -0.1) is 0 Å². The van der Waals surface area contributed by atoms with Crippen LogP contribution in [-0.4, -0.2) is 58.3 Å². The van der Waals surface area contributed by atoms with Crippen molar-refractivity contribution in [2.45, 2.75) is 19.3 Å². The molecule has 1 heterocycles. The fraction of sp³-hybridized carbons (Fsp3) is 0.526. The number of benzene rings is 1. The lowest BCUT2D eigenvalue weighted by Crippen LogP contribution is -2.27. The molecule has 138 valence electrons. The van der Waals surface area contributed by atoms with Gasteiger partial charge in [0.25, 0.3) is 0 Å². The molecule has 1 N–H and O–H groups in total. The average molecular weight is 348 g/mol. The topological polar surface area (TPSA) is 60.0 Å². The van der Waals surface area contributed by atoms with Crippen LogP contribution in [0.4, 0.5) is 0 Å². The van der Waals surface area contributed by atoms with Gasteiger partial charge in [0.2, 0.25) is 11.7 Å². The summed E-state index contributed by atoms with van der Waals surface area (Å²) in [6, 6.07) is 3.62. The van der Waals surface area contributed by atoms with Gasteiger partial charge in [-0.2, -0.15) is 0 Å². The fourth-order valence-electron chi connectivity index (χ4n) is 3.00. The van der Waals surface area contributed by atoms with E-state index in [1.807, 2.05) is 6.07 Å². The number of nitrogens with zero attached hydrogens (tertiary/aromatic N) is 1. The quantitative estimate of drug-likeness (QED) is 0.548. The Kier molecular flexibility index (Phi) is 7.60. The Bertz CT molecular complexity index is 595. The Labute approximate surface area is 149 Å². The Morgan fingerprint density at radius 1 is 1.12 bits per heavy atom. The minimum absolute atomic E-state index is 0.113. The minimum atomic E-state index is -0.113. The van der Waals surface area contributed by atoms with Crippen molar-refractivity contribution in [3.05, 3.63) is 23.8 Å². The van der Waals surface area contributed by atoms with Crippen molar-refractivity contribution in [3.63, 3.8) is 0 Å². The number of carbonyl (C=O) groups is 1. The number of hydrogen-bond donors (Lipinski definition) is 1. The highest BCUT2D eigenvalue weighted by Gasteiger charge is 2.14. The molecule has 0 bridgehead atoms. The predicted molar refractivity (Wildman–Crippen MR) is 98.4 cm³/mol. The Morgan fingerprint density at radius 3 is 2.48 bits per heavy atom. The van der Waals surface area contributed by atoms with Gasteiger partial charge in [0.1, 0.15) is 0 Å². The van der Waals surface area contributed by atoms with E-state index >= 15 is 0 Å². The summed E-state index contributed by atoms with van der Waals surface area (Å²) in [5, 5.41) is 2.92. The Morgan fingerprint density at radius 2 is 1.84 bits per heavy atom. The fourth-order valence-corrected chi connectivity index (χ4v) is 3.00. The molecule has 0 saturated carbocycles. The second kappa shape index (κ2) is 9.93. The summed E-state index contributed by atoms with van der Waals surface area (Å²) < 4.78 is 16.0. The summed E-state index contributed by atoms with van der Waals surface area (Å²) in [6.07, 6.45) is 6.79. The number of rotatable bonds is 9. The van der Waals surface area contributed by atoms with Gasteiger partial charge in [-0.25, -0.2) is 0 Å². The Balaban J connectivity index is 1.88. The molecular formula is C19H28N2O4. The molecule has 0 spiro atoms. The van der Waals surface area contributed by atoms with E-state index in [4.69, 9.17) is 14.2 Å². The molecule has 0 unspecified atom stereocenters. The zero-order chi connectivity index (χ0) is 18.1. The van der Waals surface area contributed by atoms with Crippen LogP contribution in [0, 0.1) is 0 Å². The monoisotopic (exact) mass is 348 g/mol. The number of hydrogen-bond acceptors (Lipinski definition) is 5. The molecule has 1 fully saturated rings. The first-order valence-electron chi connectivity index (χ1n) is 8.66. The number of amides is 1. The van der Waals surface area contributed by atoms with E-state index in [2.05, 4.69) is 10.2 Å². The van der Waals surface area contributed by atoms with E-state index in [1.54, 1.807) is 33.5 Å². The van der Waals surface area contributed by atoms with Crippen molar-refractivity contribution in [1.29, 1.82) is 0 Å². The maximum atomic E-state index is 12.0. The molecule has 0 aliphatic carbocycles. The van der Waals surface area contributed by atoms with E-state index in [0.717, 1.165) is 18.5 Å². The molecule has 0 aromatic heterocycles. The third-order valence-corrected chi connectivity index (χ3v) is 4.30. The van der Waals surface area contributed by atoms with Crippen LogP contribution in [0.1, 0.15) is 24.8 Å². The number of carbonyl (C=O) groups excluding carboxylic acids is 1. The van der Waals surface area contributed by atoms with Gasteiger partial charge in [-0.1, -0.05) is 0 Å². The normalized spacial score (nSPS) is 14.7. The van der Waals surface area contributed by atoms with Crippen molar-refractivity contribution in [2.75, 3.05) is 47.5 Å². The van der Waals surface area contributed by atoms with Gasteiger partial charge in [0.15, 0.2) is 11.5 Å². The van der Waals surface area contributed by atoms with Crippen molar-refractivity contribution >= 4 is 12.0 Å². The van der Waals surface area contributed by atoms with E-state index in [1.165, 1.54) is 32.0 Å². The van der Waals surface area contributed by atoms with Crippen LogP contribution >= 0.6 is 0 Å². The van der Waals surface area contributed by atoms with Crippen molar-refractivity contribution < 1.29 is 19.0 Å². The lowest BCUT2D eigenvalue weighted by Gasteiger charge is -2.14. The third kappa shape index (κ3) is 5.39. The van der Waals surface area contributed by atoms with E-state index in [0.29, 0.717) is 23.8 Å². The standard InChI is InChI=1S/C19H28N2O4/c1-23-16-9-7-15(18(24-2)19(16)25-3)8-10-17(22)20-11-6-14-21-12-4-5-13-21/h7-10H,4-6,11-14H2,1-3H3,(H,20,22)/b10-8+. The third-order valence-electron chi connectivity index (χ3n) is 4.30. The molecule has 25 heavy (non-hydrogen) atoms. The van der Waals surface area contributed by atoms with Gasteiger partial charge in [0.05, 0.1) is 21.3 Å². The van der Waals surface area contributed by atoms with Crippen LogP contribution in [0.3, 0.4) is 0 Å². The molecule has 1 aliphatic heterocycles. The van der Waals surface area contributed by atoms with Crippen molar-refractivity contribution in [3.8, 4) is 17.2 Å². The molecule has 1 aromatic carbocycles. The highest BCUT2D eigenvalue weighted by atomic mass is 16.5. The maximum absolute atomic E-state index is 12.0. The molecule has 1 aromatic rings. The predicted octanol–water partition coefficient (Wildman–Crippen LogP) is 2.33. The maximum Gasteiger partial charge on any atom is 0.244 e. The van der Waals surface area contributed by atoms with Crippen LogP contribution in [0.25, 0.3) is 6.08 Å². The van der Waals surface area contributed by atoms with Gasteiger partial charge in [-0.3, -0.25) is 4.79 Å². The largest absolute Gasteiger partial charge is 0.493 e. The number of likely N-dealkylation sites (tertiary alicyclic amines) is 1. The van der Waals surface area contributed by atoms with Gasteiger partial charge in [0, 0.05) is 18.2 Å². The summed E-state index contributed by atoms with van der Waals surface area (Å²) in [4.78, 5) is 14.4. The lowest BCUT2D eigenvalue weighted by atomic mass is 10.1. The first-order chi connectivity index (χ1) is 12.2. The van der Waals surface area contributed by atoms with Crippen LogP contribution in [0.2, 0.25) is 0 Å². The highest BCUT2D eigenvalue weighted by molar-refractivity contribution is 5.92. The molecule has 1 saturated heterocycles. The van der Waals surface area contributed by atoms with Crippen LogP contribution in [0.15, 0.2) is 18.2 Å². The van der Waals surface area contributed by atoms with E-state index in [-0.39, 0.29) is 5.91 Å². The zero-order valence-corrected chi connectivity index (χ0v) is 15.3. The molecule has 0 atom stereocenters. The molecular weight excluding hydrogens is 320 g/mol. The molecule has 6 heteroatoms. The lowest BCUT2D eigenvalue weighted by molar-refractivity contribution is -0.116.